The molecule has 182 valence electrons. The summed E-state index contributed by atoms with van der Waals surface area (Å²) < 4.78 is 7.14. The SMILES string of the molecule is COc1ccc(Cn2c(=O)ccc3c(NNC(=O)C45CC6CC(CC(Br)(C6)C4)C5)cccc32)cc1. The van der Waals surface area contributed by atoms with Crippen molar-refractivity contribution in [2.75, 3.05) is 12.5 Å². The number of halogens is 1. The molecule has 4 aliphatic carbocycles. The normalized spacial score (nSPS) is 28.7. The van der Waals surface area contributed by atoms with Crippen molar-refractivity contribution in [3.63, 3.8) is 0 Å². The number of aromatic nitrogens is 1. The van der Waals surface area contributed by atoms with Crippen LogP contribution in [0.25, 0.3) is 10.9 Å². The molecular formula is C28H30BrN3O3. The van der Waals surface area contributed by atoms with Gasteiger partial charge >= 0.3 is 0 Å². The molecule has 0 saturated heterocycles. The third kappa shape index (κ3) is 4.03. The first-order chi connectivity index (χ1) is 16.9. The number of anilines is 1. The Morgan fingerprint density at radius 2 is 1.80 bits per heavy atom. The van der Waals surface area contributed by atoms with Crippen LogP contribution in [-0.2, 0) is 11.3 Å². The number of carbonyl (C=O) groups is 1. The maximum atomic E-state index is 13.5. The zero-order valence-corrected chi connectivity index (χ0v) is 21.4. The van der Waals surface area contributed by atoms with Crippen LogP contribution in [0.5, 0.6) is 5.75 Å². The number of hydrogen-bond acceptors (Lipinski definition) is 4. The lowest BCUT2D eigenvalue weighted by atomic mass is 9.49. The molecule has 0 aliphatic heterocycles. The van der Waals surface area contributed by atoms with Crippen LogP contribution >= 0.6 is 15.9 Å². The van der Waals surface area contributed by atoms with Gasteiger partial charge in [-0.3, -0.25) is 20.4 Å². The largest absolute Gasteiger partial charge is 0.497 e. The molecule has 6 nitrogen and oxygen atoms in total. The van der Waals surface area contributed by atoms with Gasteiger partial charge in [0.1, 0.15) is 5.75 Å². The fraction of sp³-hybridized carbons (Fsp3) is 0.429. The number of hydrogen-bond donors (Lipinski definition) is 2. The molecule has 4 fully saturated rings. The van der Waals surface area contributed by atoms with Crippen molar-refractivity contribution < 1.29 is 9.53 Å². The van der Waals surface area contributed by atoms with Crippen LogP contribution in [0.1, 0.15) is 44.1 Å². The molecule has 1 aromatic heterocycles. The number of alkyl halides is 1. The van der Waals surface area contributed by atoms with Crippen molar-refractivity contribution in [2.45, 2.75) is 49.4 Å². The van der Waals surface area contributed by atoms with Gasteiger partial charge in [-0.25, -0.2) is 0 Å². The van der Waals surface area contributed by atoms with Crippen molar-refractivity contribution in [2.24, 2.45) is 17.3 Å². The molecule has 3 aromatic rings. The monoisotopic (exact) mass is 535 g/mol. The molecule has 0 spiro atoms. The van der Waals surface area contributed by atoms with Gasteiger partial charge in [-0.2, -0.15) is 0 Å². The highest BCUT2D eigenvalue weighted by Gasteiger charge is 2.59. The maximum Gasteiger partial charge on any atom is 0.251 e. The van der Waals surface area contributed by atoms with Crippen LogP contribution in [0.2, 0.25) is 0 Å². The average Bonchev–Trinajstić information content (AvgIpc) is 2.83. The van der Waals surface area contributed by atoms with Crippen LogP contribution < -0.4 is 21.1 Å². The van der Waals surface area contributed by atoms with Gasteiger partial charge < -0.3 is 9.30 Å². The number of amides is 1. The molecule has 35 heavy (non-hydrogen) atoms. The Morgan fingerprint density at radius 1 is 1.06 bits per heavy atom. The number of hydrazine groups is 1. The summed E-state index contributed by atoms with van der Waals surface area (Å²) in [7, 11) is 1.64. The predicted octanol–water partition coefficient (Wildman–Crippen LogP) is 5.24. The van der Waals surface area contributed by atoms with Crippen molar-refractivity contribution in [3.05, 3.63) is 70.5 Å². The molecule has 7 heteroatoms. The molecule has 2 aromatic carbocycles. The smallest absolute Gasteiger partial charge is 0.251 e. The van der Waals surface area contributed by atoms with Crippen molar-refractivity contribution in [1.82, 2.24) is 9.99 Å². The van der Waals surface area contributed by atoms with E-state index in [-0.39, 0.29) is 21.2 Å². The summed E-state index contributed by atoms with van der Waals surface area (Å²) in [4.78, 5) is 26.3. The van der Waals surface area contributed by atoms with Crippen LogP contribution in [0, 0.1) is 17.3 Å². The molecule has 4 saturated carbocycles. The molecule has 2 atom stereocenters. The lowest BCUT2D eigenvalue weighted by Crippen LogP contribution is -2.58. The highest BCUT2D eigenvalue weighted by atomic mass is 79.9. The second-order valence-corrected chi connectivity index (χ2v) is 12.5. The Morgan fingerprint density at radius 3 is 2.49 bits per heavy atom. The van der Waals surface area contributed by atoms with E-state index in [2.05, 4.69) is 26.8 Å². The number of fused-ring (bicyclic) bond motifs is 1. The molecular weight excluding hydrogens is 506 g/mol. The van der Waals surface area contributed by atoms with E-state index in [0.717, 1.165) is 47.2 Å². The molecule has 1 amide bonds. The summed E-state index contributed by atoms with van der Waals surface area (Å²) in [5.74, 6) is 2.17. The summed E-state index contributed by atoms with van der Waals surface area (Å²) in [6.45, 7) is 0.454. The zero-order valence-electron chi connectivity index (χ0n) is 19.9. The number of pyridine rings is 1. The molecule has 2 unspecified atom stereocenters. The fourth-order valence-corrected chi connectivity index (χ4v) is 8.64. The summed E-state index contributed by atoms with van der Waals surface area (Å²) in [5, 5.41) is 0.892. The molecule has 1 heterocycles. The number of nitrogens with zero attached hydrogens (tertiary/aromatic N) is 1. The Kier molecular flexibility index (Phi) is 5.44. The lowest BCUT2D eigenvalue weighted by molar-refractivity contribution is -0.143. The third-order valence-electron chi connectivity index (χ3n) is 8.31. The first-order valence-electron chi connectivity index (χ1n) is 12.4. The average molecular weight is 536 g/mol. The van der Waals surface area contributed by atoms with Gasteiger partial charge in [0.2, 0.25) is 5.91 Å². The van der Waals surface area contributed by atoms with E-state index in [0.29, 0.717) is 18.4 Å². The molecule has 2 N–H and O–H groups in total. The number of nitrogens with one attached hydrogen (secondary N) is 2. The van der Waals surface area contributed by atoms with Gasteiger partial charge in [0.25, 0.3) is 5.56 Å². The molecule has 0 radical (unpaired) electrons. The number of ether oxygens (including phenoxy) is 1. The van der Waals surface area contributed by atoms with Gasteiger partial charge in [-0.05, 0) is 86.3 Å². The maximum absolute atomic E-state index is 13.5. The molecule has 4 aliphatic rings. The number of benzene rings is 2. The van der Waals surface area contributed by atoms with Crippen LogP contribution in [-0.4, -0.2) is 21.9 Å². The standard InChI is InChI=1S/C28H30BrN3O3/c1-35-21-7-5-18(6-8-21)16-32-24-4-2-3-23(22(24)9-10-25(32)33)30-31-26(34)27-12-19-11-20(13-27)15-28(29,14-19)17-27/h2-10,19-20,30H,11-17H2,1H3,(H,31,34). The van der Waals surface area contributed by atoms with Gasteiger partial charge in [-0.15, -0.1) is 0 Å². The lowest BCUT2D eigenvalue weighted by Gasteiger charge is -2.59. The van der Waals surface area contributed by atoms with Gasteiger partial charge in [-0.1, -0.05) is 34.1 Å². The van der Waals surface area contributed by atoms with E-state index in [1.54, 1.807) is 17.7 Å². The quantitative estimate of drug-likeness (QED) is 0.334. The van der Waals surface area contributed by atoms with Crippen molar-refractivity contribution in [3.8, 4) is 5.75 Å². The van der Waals surface area contributed by atoms with Crippen molar-refractivity contribution in [1.29, 1.82) is 0 Å². The fourth-order valence-electron chi connectivity index (χ4n) is 7.19. The minimum absolute atomic E-state index is 0.0642. The van der Waals surface area contributed by atoms with E-state index < -0.39 is 0 Å². The molecule has 7 rings (SSSR count). The van der Waals surface area contributed by atoms with Gasteiger partial charge in [0, 0.05) is 15.8 Å². The number of rotatable bonds is 6. The Balaban J connectivity index is 1.25. The first kappa shape index (κ1) is 22.7. The second-order valence-electron chi connectivity index (χ2n) is 10.8. The van der Waals surface area contributed by atoms with E-state index in [1.807, 2.05) is 48.5 Å². The van der Waals surface area contributed by atoms with Crippen molar-refractivity contribution >= 4 is 38.4 Å². The van der Waals surface area contributed by atoms with Crippen LogP contribution in [0.3, 0.4) is 0 Å². The predicted molar refractivity (Wildman–Crippen MR) is 141 cm³/mol. The van der Waals surface area contributed by atoms with Gasteiger partial charge in [0.15, 0.2) is 0 Å². The van der Waals surface area contributed by atoms with E-state index in [9.17, 15) is 9.59 Å². The van der Waals surface area contributed by atoms with Gasteiger partial charge in [0.05, 0.1) is 30.3 Å². The Hall–Kier alpha value is -2.80. The summed E-state index contributed by atoms with van der Waals surface area (Å²) >= 11 is 4.00. The summed E-state index contributed by atoms with van der Waals surface area (Å²) in [6, 6.07) is 17.0. The second kappa shape index (κ2) is 8.40. The van der Waals surface area contributed by atoms with E-state index in [4.69, 9.17) is 4.74 Å². The minimum Gasteiger partial charge on any atom is -0.497 e. The Labute approximate surface area is 213 Å². The minimum atomic E-state index is -0.290. The summed E-state index contributed by atoms with van der Waals surface area (Å²) in [5.41, 5.74) is 8.52. The summed E-state index contributed by atoms with van der Waals surface area (Å²) in [6.07, 6.45) is 6.55. The first-order valence-corrected chi connectivity index (χ1v) is 13.2. The number of methoxy groups -OCH3 is 1. The third-order valence-corrected chi connectivity index (χ3v) is 9.24. The highest BCUT2D eigenvalue weighted by Crippen LogP contribution is 2.64. The van der Waals surface area contributed by atoms with E-state index in [1.165, 1.54) is 19.3 Å². The highest BCUT2D eigenvalue weighted by molar-refractivity contribution is 9.10. The van der Waals surface area contributed by atoms with E-state index >= 15 is 0 Å². The topological polar surface area (TPSA) is 72.4 Å². The van der Waals surface area contributed by atoms with Crippen LogP contribution in [0.4, 0.5) is 5.69 Å². The number of carbonyl (C=O) groups excluding carboxylic acids is 1. The molecule has 4 bridgehead atoms. The zero-order chi connectivity index (χ0) is 24.2. The Bertz CT molecular complexity index is 1340. The van der Waals surface area contributed by atoms with Crippen LogP contribution in [0.15, 0.2) is 59.4 Å².